The highest BCUT2D eigenvalue weighted by Gasteiger charge is 2.22. The second-order valence-corrected chi connectivity index (χ2v) is 3.69. The van der Waals surface area contributed by atoms with Crippen LogP contribution in [0.4, 0.5) is 10.1 Å². The summed E-state index contributed by atoms with van der Waals surface area (Å²) in [5, 5.41) is 5.82. The highest BCUT2D eigenvalue weighted by Crippen LogP contribution is 2.13. The molecule has 88 valence electrons. The predicted octanol–water partition coefficient (Wildman–Crippen LogP) is 1.80. The fraction of sp³-hybridized carbons (Fsp3) is 0.364. The van der Waals surface area contributed by atoms with Crippen LogP contribution in [0.25, 0.3) is 0 Å². The van der Waals surface area contributed by atoms with E-state index in [1.807, 2.05) is 0 Å². The Morgan fingerprint density at radius 2 is 2.31 bits per heavy atom. The molecule has 0 aromatic heterocycles. The Balaban J connectivity index is 0.00000128. The van der Waals surface area contributed by atoms with Crippen LogP contribution in [-0.4, -0.2) is 19.0 Å². The first-order valence-electron chi connectivity index (χ1n) is 5.03. The van der Waals surface area contributed by atoms with Gasteiger partial charge in [-0.15, -0.1) is 12.4 Å². The van der Waals surface area contributed by atoms with E-state index in [1.54, 1.807) is 12.1 Å². The number of benzene rings is 1. The van der Waals surface area contributed by atoms with Gasteiger partial charge < -0.3 is 10.6 Å². The molecule has 0 aliphatic carbocycles. The van der Waals surface area contributed by atoms with Gasteiger partial charge in [-0.05, 0) is 31.2 Å². The van der Waals surface area contributed by atoms with E-state index in [4.69, 9.17) is 0 Å². The molecule has 1 heterocycles. The number of carbonyl (C=O) groups excluding carboxylic acids is 1. The first kappa shape index (κ1) is 12.9. The van der Waals surface area contributed by atoms with Crippen molar-refractivity contribution in [3.8, 4) is 0 Å². The fourth-order valence-corrected chi connectivity index (χ4v) is 1.69. The first-order valence-corrected chi connectivity index (χ1v) is 5.03. The van der Waals surface area contributed by atoms with E-state index in [0.717, 1.165) is 13.0 Å². The number of amides is 1. The zero-order valence-corrected chi connectivity index (χ0v) is 9.52. The zero-order valence-electron chi connectivity index (χ0n) is 8.70. The molecule has 1 amide bonds. The zero-order chi connectivity index (χ0) is 10.7. The van der Waals surface area contributed by atoms with Crippen molar-refractivity contribution in [2.45, 2.75) is 6.42 Å². The molecule has 0 bridgehead atoms. The summed E-state index contributed by atoms with van der Waals surface area (Å²) in [5.74, 6) is -0.365. The molecule has 1 fully saturated rings. The van der Waals surface area contributed by atoms with Gasteiger partial charge in [0.1, 0.15) is 5.82 Å². The molecule has 1 aliphatic rings. The molecule has 16 heavy (non-hydrogen) atoms. The Bertz CT molecular complexity index is 367. The van der Waals surface area contributed by atoms with Crippen molar-refractivity contribution in [1.29, 1.82) is 0 Å². The number of hydrogen-bond acceptors (Lipinski definition) is 2. The van der Waals surface area contributed by atoms with Crippen LogP contribution in [0, 0.1) is 11.7 Å². The molecule has 0 unspecified atom stereocenters. The molecule has 1 atom stereocenters. The van der Waals surface area contributed by atoms with Gasteiger partial charge in [0.25, 0.3) is 0 Å². The van der Waals surface area contributed by atoms with E-state index in [1.165, 1.54) is 12.1 Å². The lowest BCUT2D eigenvalue weighted by Crippen LogP contribution is -2.24. The van der Waals surface area contributed by atoms with Gasteiger partial charge >= 0.3 is 0 Å². The Morgan fingerprint density at radius 1 is 1.50 bits per heavy atom. The lowest BCUT2D eigenvalue weighted by molar-refractivity contribution is -0.119. The quantitative estimate of drug-likeness (QED) is 0.833. The Morgan fingerprint density at radius 3 is 2.94 bits per heavy atom. The summed E-state index contributed by atoms with van der Waals surface area (Å²) in [4.78, 5) is 11.7. The molecule has 2 rings (SSSR count). The molecule has 1 aromatic rings. The van der Waals surface area contributed by atoms with Crippen LogP contribution < -0.4 is 10.6 Å². The minimum absolute atomic E-state index is 0. The SMILES string of the molecule is Cl.O=C(Nc1cccc(F)c1)[C@H]1CCNC1. The van der Waals surface area contributed by atoms with Crippen molar-refractivity contribution >= 4 is 24.0 Å². The number of carbonyl (C=O) groups is 1. The summed E-state index contributed by atoms with van der Waals surface area (Å²) in [6, 6.07) is 5.94. The lowest BCUT2D eigenvalue weighted by atomic mass is 10.1. The second kappa shape index (κ2) is 5.82. The topological polar surface area (TPSA) is 41.1 Å². The van der Waals surface area contributed by atoms with Crippen molar-refractivity contribution in [3.63, 3.8) is 0 Å². The molecule has 0 saturated carbocycles. The van der Waals surface area contributed by atoms with Gasteiger partial charge in [0.15, 0.2) is 0 Å². The van der Waals surface area contributed by atoms with Gasteiger partial charge in [0, 0.05) is 12.2 Å². The van der Waals surface area contributed by atoms with Crippen LogP contribution in [0.15, 0.2) is 24.3 Å². The van der Waals surface area contributed by atoms with E-state index in [9.17, 15) is 9.18 Å². The van der Waals surface area contributed by atoms with E-state index < -0.39 is 0 Å². The Hall–Kier alpha value is -1.13. The van der Waals surface area contributed by atoms with Crippen LogP contribution in [0.3, 0.4) is 0 Å². The third kappa shape index (κ3) is 3.18. The Kier molecular flexibility index (Phi) is 4.71. The Labute approximate surface area is 99.8 Å². The van der Waals surface area contributed by atoms with Crippen molar-refractivity contribution in [2.24, 2.45) is 5.92 Å². The number of halogens is 2. The monoisotopic (exact) mass is 244 g/mol. The minimum Gasteiger partial charge on any atom is -0.326 e. The fourth-order valence-electron chi connectivity index (χ4n) is 1.69. The summed E-state index contributed by atoms with van der Waals surface area (Å²) in [7, 11) is 0. The molecule has 1 aliphatic heterocycles. The highest BCUT2D eigenvalue weighted by atomic mass is 35.5. The summed E-state index contributed by atoms with van der Waals surface area (Å²) < 4.78 is 12.8. The van der Waals surface area contributed by atoms with Crippen LogP contribution >= 0.6 is 12.4 Å². The molecule has 0 spiro atoms. The van der Waals surface area contributed by atoms with Gasteiger partial charge in [0.05, 0.1) is 5.92 Å². The normalized spacial score (nSPS) is 18.9. The standard InChI is InChI=1S/C11H13FN2O.ClH/c12-9-2-1-3-10(6-9)14-11(15)8-4-5-13-7-8;/h1-3,6,8,13H,4-5,7H2,(H,14,15);1H/t8-;/m0./s1. The molecule has 5 heteroatoms. The molecule has 2 N–H and O–H groups in total. The maximum atomic E-state index is 12.8. The second-order valence-electron chi connectivity index (χ2n) is 3.69. The van der Waals surface area contributed by atoms with Crippen LogP contribution in [0.5, 0.6) is 0 Å². The van der Waals surface area contributed by atoms with Crippen molar-refractivity contribution in [2.75, 3.05) is 18.4 Å². The van der Waals surface area contributed by atoms with Crippen LogP contribution in [0.1, 0.15) is 6.42 Å². The van der Waals surface area contributed by atoms with E-state index >= 15 is 0 Å². The van der Waals surface area contributed by atoms with E-state index in [-0.39, 0.29) is 30.0 Å². The van der Waals surface area contributed by atoms with Crippen molar-refractivity contribution in [1.82, 2.24) is 5.32 Å². The predicted molar refractivity (Wildman–Crippen MR) is 63.3 cm³/mol. The summed E-state index contributed by atoms with van der Waals surface area (Å²) in [6.07, 6.45) is 0.848. The van der Waals surface area contributed by atoms with Crippen molar-refractivity contribution < 1.29 is 9.18 Å². The maximum Gasteiger partial charge on any atom is 0.228 e. The number of anilines is 1. The third-order valence-electron chi connectivity index (χ3n) is 2.52. The van der Waals surface area contributed by atoms with Crippen molar-refractivity contribution in [3.05, 3.63) is 30.1 Å². The highest BCUT2D eigenvalue weighted by molar-refractivity contribution is 5.92. The van der Waals surface area contributed by atoms with Gasteiger partial charge in [-0.2, -0.15) is 0 Å². The van der Waals surface area contributed by atoms with E-state index in [0.29, 0.717) is 12.2 Å². The summed E-state index contributed by atoms with van der Waals surface area (Å²) in [6.45, 7) is 1.59. The van der Waals surface area contributed by atoms with Crippen LogP contribution in [0.2, 0.25) is 0 Å². The van der Waals surface area contributed by atoms with Gasteiger partial charge in [-0.1, -0.05) is 6.07 Å². The molecule has 3 nitrogen and oxygen atoms in total. The molecule has 1 aromatic carbocycles. The average molecular weight is 245 g/mol. The molecular weight excluding hydrogens is 231 g/mol. The van der Waals surface area contributed by atoms with Gasteiger partial charge in [-0.25, -0.2) is 4.39 Å². The van der Waals surface area contributed by atoms with Gasteiger partial charge in [0.2, 0.25) is 5.91 Å². The largest absolute Gasteiger partial charge is 0.326 e. The molecule has 1 saturated heterocycles. The summed E-state index contributed by atoms with van der Waals surface area (Å²) >= 11 is 0. The van der Waals surface area contributed by atoms with E-state index in [2.05, 4.69) is 10.6 Å². The number of hydrogen-bond donors (Lipinski definition) is 2. The first-order chi connectivity index (χ1) is 7.25. The molecule has 0 radical (unpaired) electrons. The summed E-state index contributed by atoms with van der Waals surface area (Å²) in [5.41, 5.74) is 0.520. The third-order valence-corrected chi connectivity index (χ3v) is 2.52. The average Bonchev–Trinajstić information content (AvgIpc) is 2.70. The van der Waals surface area contributed by atoms with Gasteiger partial charge in [-0.3, -0.25) is 4.79 Å². The number of nitrogens with one attached hydrogen (secondary N) is 2. The van der Waals surface area contributed by atoms with Crippen LogP contribution in [-0.2, 0) is 4.79 Å². The smallest absolute Gasteiger partial charge is 0.228 e. The minimum atomic E-state index is -0.336. The maximum absolute atomic E-state index is 12.8. The number of rotatable bonds is 2. The molecular formula is C11H14ClFN2O. The lowest BCUT2D eigenvalue weighted by Gasteiger charge is -2.09.